The summed E-state index contributed by atoms with van der Waals surface area (Å²) in [6.07, 6.45) is -7.78. The highest BCUT2D eigenvalue weighted by atomic mass is 19.4. The molecule has 0 aromatic heterocycles. The van der Waals surface area contributed by atoms with Crippen molar-refractivity contribution in [2.24, 2.45) is 0 Å². The number of hydrogen-bond donors (Lipinski definition) is 2. The molecule has 0 spiro atoms. The van der Waals surface area contributed by atoms with E-state index in [4.69, 9.17) is 5.11 Å². The zero-order valence-electron chi connectivity index (χ0n) is 6.16. The van der Waals surface area contributed by atoms with E-state index in [1.54, 1.807) is 0 Å². The summed E-state index contributed by atoms with van der Waals surface area (Å²) in [5.41, 5.74) is -3.15. The molecule has 0 amide bonds. The molecule has 0 saturated carbocycles. The van der Waals surface area contributed by atoms with E-state index in [1.165, 1.54) is 0 Å². The summed E-state index contributed by atoms with van der Waals surface area (Å²) in [5.74, 6) is 0. The summed E-state index contributed by atoms with van der Waals surface area (Å²) in [6, 6.07) is 0. The lowest BCUT2D eigenvalue weighted by Gasteiger charge is -2.36. The first-order chi connectivity index (χ1) is 5.38. The monoisotopic (exact) mass is 187 g/mol. The van der Waals surface area contributed by atoms with Crippen LogP contribution in [0.15, 0.2) is 0 Å². The molecule has 1 aliphatic heterocycles. The molecule has 0 bridgehead atoms. The van der Waals surface area contributed by atoms with Crippen molar-refractivity contribution in [3.63, 3.8) is 0 Å². The Morgan fingerprint density at radius 1 is 1.42 bits per heavy atom. The van der Waals surface area contributed by atoms with Crippen molar-refractivity contribution >= 4 is 0 Å². The number of nitrogens with one attached hydrogen (secondary N) is 1. The van der Waals surface area contributed by atoms with Gasteiger partial charge in [-0.3, -0.25) is 0 Å². The van der Waals surface area contributed by atoms with Crippen molar-refractivity contribution in [1.29, 1.82) is 0 Å². The highest BCUT2D eigenvalue weighted by Crippen LogP contribution is 2.38. The van der Waals surface area contributed by atoms with Gasteiger partial charge in [-0.25, -0.2) is 4.39 Å². The maximum Gasteiger partial charge on any atom is 0.420 e. The number of aliphatic hydroxyl groups is 1. The minimum absolute atomic E-state index is 0.0174. The standard InChI is InChI=1S/C6H9F4NO/c7-4-3-11-2-1-5(4,12)6(8,9)10/h4,11-12H,1-3H2/t4-,5+/m0/s1. The molecule has 0 unspecified atom stereocenters. The van der Waals surface area contributed by atoms with Crippen molar-refractivity contribution < 1.29 is 22.7 Å². The predicted octanol–water partition coefficient (Wildman–Crippen LogP) is 0.611. The van der Waals surface area contributed by atoms with Gasteiger partial charge in [0, 0.05) is 13.0 Å². The summed E-state index contributed by atoms with van der Waals surface area (Å²) < 4.78 is 48.9. The lowest BCUT2D eigenvalue weighted by Crippen LogP contribution is -2.60. The Bertz CT molecular complexity index is 171. The lowest BCUT2D eigenvalue weighted by molar-refractivity contribution is -0.286. The van der Waals surface area contributed by atoms with Crippen molar-refractivity contribution in [1.82, 2.24) is 5.32 Å². The second kappa shape index (κ2) is 2.85. The fraction of sp³-hybridized carbons (Fsp3) is 1.00. The maximum absolute atomic E-state index is 12.7. The van der Waals surface area contributed by atoms with Gasteiger partial charge in [-0.1, -0.05) is 0 Å². The first kappa shape index (κ1) is 9.73. The van der Waals surface area contributed by atoms with Gasteiger partial charge in [-0.05, 0) is 6.54 Å². The lowest BCUT2D eigenvalue weighted by atomic mass is 9.90. The third kappa shape index (κ3) is 1.40. The van der Waals surface area contributed by atoms with Gasteiger partial charge in [-0.2, -0.15) is 13.2 Å². The number of hydrogen-bond acceptors (Lipinski definition) is 2. The molecule has 2 N–H and O–H groups in total. The predicted molar refractivity (Wildman–Crippen MR) is 33.4 cm³/mol. The highest BCUT2D eigenvalue weighted by Gasteiger charge is 2.59. The molecule has 0 aliphatic carbocycles. The molecule has 2 nitrogen and oxygen atoms in total. The van der Waals surface area contributed by atoms with Gasteiger partial charge >= 0.3 is 6.18 Å². The van der Waals surface area contributed by atoms with Crippen LogP contribution >= 0.6 is 0 Å². The van der Waals surface area contributed by atoms with Gasteiger partial charge in [0.05, 0.1) is 0 Å². The fourth-order valence-corrected chi connectivity index (χ4v) is 1.15. The summed E-state index contributed by atoms with van der Waals surface area (Å²) in [6.45, 7) is -0.466. The van der Waals surface area contributed by atoms with Crippen LogP contribution in [-0.2, 0) is 0 Å². The molecule has 12 heavy (non-hydrogen) atoms. The van der Waals surface area contributed by atoms with Crippen molar-refractivity contribution in [3.05, 3.63) is 0 Å². The summed E-state index contributed by atoms with van der Waals surface area (Å²) in [7, 11) is 0. The Morgan fingerprint density at radius 3 is 2.33 bits per heavy atom. The Hall–Kier alpha value is -0.360. The van der Waals surface area contributed by atoms with Crippen LogP contribution in [0, 0.1) is 0 Å². The Kier molecular flexibility index (Phi) is 2.31. The number of rotatable bonds is 0. The average molecular weight is 187 g/mol. The van der Waals surface area contributed by atoms with E-state index in [-0.39, 0.29) is 6.54 Å². The van der Waals surface area contributed by atoms with Crippen LogP contribution < -0.4 is 5.32 Å². The van der Waals surface area contributed by atoms with Gasteiger partial charge in [0.15, 0.2) is 11.8 Å². The minimum atomic E-state index is -4.88. The normalized spacial score (nSPS) is 38.2. The largest absolute Gasteiger partial charge is 0.420 e. The van der Waals surface area contributed by atoms with Gasteiger partial charge in [0.2, 0.25) is 0 Å². The molecule has 1 heterocycles. The Labute approximate surface area is 66.6 Å². The van der Waals surface area contributed by atoms with Gasteiger partial charge < -0.3 is 10.4 Å². The minimum Gasteiger partial charge on any atom is -0.378 e. The zero-order valence-corrected chi connectivity index (χ0v) is 6.16. The van der Waals surface area contributed by atoms with Crippen molar-refractivity contribution in [2.45, 2.75) is 24.4 Å². The fourth-order valence-electron chi connectivity index (χ4n) is 1.15. The number of piperidine rings is 1. The van der Waals surface area contributed by atoms with Crippen LogP contribution in [0.25, 0.3) is 0 Å². The zero-order chi connectivity index (χ0) is 9.41. The average Bonchev–Trinajstić information content (AvgIpc) is 1.93. The Morgan fingerprint density at radius 2 is 2.00 bits per heavy atom. The molecule has 6 heteroatoms. The smallest absolute Gasteiger partial charge is 0.378 e. The van der Waals surface area contributed by atoms with Gasteiger partial charge in [-0.15, -0.1) is 0 Å². The molecule has 2 atom stereocenters. The molecule has 1 aliphatic rings. The van der Waals surface area contributed by atoms with Gasteiger partial charge in [0.25, 0.3) is 0 Å². The molecular formula is C6H9F4NO. The highest BCUT2D eigenvalue weighted by molar-refractivity contribution is 4.97. The van der Waals surface area contributed by atoms with E-state index in [1.807, 2.05) is 0 Å². The summed E-state index contributed by atoms with van der Waals surface area (Å²) >= 11 is 0. The molecule has 1 saturated heterocycles. The molecular weight excluding hydrogens is 178 g/mol. The third-order valence-electron chi connectivity index (χ3n) is 2.02. The van der Waals surface area contributed by atoms with E-state index < -0.39 is 30.9 Å². The van der Waals surface area contributed by atoms with Crippen LogP contribution in [-0.4, -0.2) is 36.1 Å². The molecule has 0 aromatic rings. The molecule has 1 fully saturated rings. The van der Waals surface area contributed by atoms with Crippen LogP contribution in [0.5, 0.6) is 0 Å². The molecule has 0 aromatic carbocycles. The van der Waals surface area contributed by atoms with E-state index in [9.17, 15) is 17.6 Å². The summed E-state index contributed by atoms with van der Waals surface area (Å²) in [4.78, 5) is 0. The molecule has 1 rings (SSSR count). The second-order valence-electron chi connectivity index (χ2n) is 2.84. The van der Waals surface area contributed by atoms with Gasteiger partial charge in [0.1, 0.15) is 0 Å². The SMILES string of the molecule is O[C@]1(C(F)(F)F)CCNC[C@@H]1F. The van der Waals surface area contributed by atoms with E-state index in [0.29, 0.717) is 0 Å². The first-order valence-corrected chi connectivity index (χ1v) is 3.52. The van der Waals surface area contributed by atoms with Crippen LogP contribution in [0.1, 0.15) is 6.42 Å². The number of halogens is 4. The van der Waals surface area contributed by atoms with Crippen LogP contribution in [0.3, 0.4) is 0 Å². The van der Waals surface area contributed by atoms with E-state index in [2.05, 4.69) is 5.32 Å². The maximum atomic E-state index is 12.7. The molecule has 72 valence electrons. The van der Waals surface area contributed by atoms with Crippen molar-refractivity contribution in [2.75, 3.05) is 13.1 Å². The molecule has 0 radical (unpaired) electrons. The number of alkyl halides is 4. The van der Waals surface area contributed by atoms with Crippen LogP contribution in [0.4, 0.5) is 17.6 Å². The third-order valence-corrected chi connectivity index (χ3v) is 2.02. The summed E-state index contributed by atoms with van der Waals surface area (Å²) in [5, 5.41) is 11.4. The van der Waals surface area contributed by atoms with Crippen LogP contribution in [0.2, 0.25) is 0 Å². The first-order valence-electron chi connectivity index (χ1n) is 3.52. The van der Waals surface area contributed by atoms with E-state index in [0.717, 1.165) is 0 Å². The second-order valence-corrected chi connectivity index (χ2v) is 2.84. The Balaban J connectivity index is 2.79. The topological polar surface area (TPSA) is 32.3 Å². The van der Waals surface area contributed by atoms with E-state index >= 15 is 0 Å². The quantitative estimate of drug-likeness (QED) is 0.544. The van der Waals surface area contributed by atoms with Crippen molar-refractivity contribution in [3.8, 4) is 0 Å².